The van der Waals surface area contributed by atoms with Crippen molar-refractivity contribution >= 4 is 11.8 Å². The molecule has 1 atom stereocenters. The predicted octanol–water partition coefficient (Wildman–Crippen LogP) is 1.76. The standard InChI is InChI=1S/C20H26N4O3/c25-13-7-10-18(20(27)23-11-5-2-6-12-23)22-19(26)16-14-21-24(15-16)17-8-3-1-4-9-17/h1,3-4,8-9,14-15,18,25H,2,5-7,10-13H2,(H,22,26)/t18-/m0/s1. The van der Waals surface area contributed by atoms with Crippen LogP contribution in [0.5, 0.6) is 0 Å². The predicted molar refractivity (Wildman–Crippen MR) is 102 cm³/mol. The summed E-state index contributed by atoms with van der Waals surface area (Å²) in [5, 5.41) is 16.2. The molecule has 1 aliphatic rings. The summed E-state index contributed by atoms with van der Waals surface area (Å²) < 4.78 is 1.63. The molecule has 2 aromatic rings. The molecule has 7 heteroatoms. The van der Waals surface area contributed by atoms with E-state index in [1.807, 2.05) is 35.2 Å². The molecule has 0 saturated carbocycles. The number of benzene rings is 1. The largest absolute Gasteiger partial charge is 0.396 e. The highest BCUT2D eigenvalue weighted by atomic mass is 16.3. The first-order valence-electron chi connectivity index (χ1n) is 9.49. The number of hydrogen-bond acceptors (Lipinski definition) is 4. The van der Waals surface area contributed by atoms with Crippen molar-refractivity contribution < 1.29 is 14.7 Å². The topological polar surface area (TPSA) is 87.5 Å². The average Bonchev–Trinajstić information content (AvgIpc) is 3.22. The molecule has 1 saturated heterocycles. The summed E-state index contributed by atoms with van der Waals surface area (Å²) in [5.74, 6) is -0.391. The van der Waals surface area contributed by atoms with Crippen LogP contribution in [0.1, 0.15) is 42.5 Å². The number of aliphatic hydroxyl groups excluding tert-OH is 1. The van der Waals surface area contributed by atoms with E-state index < -0.39 is 6.04 Å². The number of nitrogens with zero attached hydrogens (tertiary/aromatic N) is 3. The summed E-state index contributed by atoms with van der Waals surface area (Å²) in [6.45, 7) is 1.46. The van der Waals surface area contributed by atoms with Gasteiger partial charge in [-0.25, -0.2) is 4.68 Å². The first-order chi connectivity index (χ1) is 13.2. The van der Waals surface area contributed by atoms with Gasteiger partial charge in [0.15, 0.2) is 0 Å². The first kappa shape index (κ1) is 19.1. The lowest BCUT2D eigenvalue weighted by Crippen LogP contribution is -2.50. The second-order valence-electron chi connectivity index (χ2n) is 6.79. The average molecular weight is 370 g/mol. The molecule has 1 aromatic heterocycles. The van der Waals surface area contributed by atoms with Gasteiger partial charge in [0, 0.05) is 25.9 Å². The minimum absolute atomic E-state index is 0.00834. The molecule has 1 aliphatic heterocycles. The summed E-state index contributed by atoms with van der Waals surface area (Å²) in [5.41, 5.74) is 1.26. The van der Waals surface area contributed by atoms with Crippen LogP contribution in [0.15, 0.2) is 42.7 Å². The van der Waals surface area contributed by atoms with E-state index in [1.54, 1.807) is 10.9 Å². The zero-order valence-corrected chi connectivity index (χ0v) is 15.4. The Bertz CT molecular complexity index is 754. The van der Waals surface area contributed by atoms with Gasteiger partial charge in [-0.1, -0.05) is 18.2 Å². The highest BCUT2D eigenvalue weighted by molar-refractivity contribution is 5.97. The molecule has 3 rings (SSSR count). The first-order valence-corrected chi connectivity index (χ1v) is 9.49. The van der Waals surface area contributed by atoms with Crippen molar-refractivity contribution in [3.8, 4) is 5.69 Å². The van der Waals surface area contributed by atoms with Gasteiger partial charge < -0.3 is 15.3 Å². The molecular weight excluding hydrogens is 344 g/mol. The minimum atomic E-state index is -0.622. The monoisotopic (exact) mass is 370 g/mol. The lowest BCUT2D eigenvalue weighted by atomic mass is 10.1. The fourth-order valence-electron chi connectivity index (χ4n) is 3.29. The van der Waals surface area contributed by atoms with Gasteiger partial charge in [0.2, 0.25) is 5.91 Å². The fourth-order valence-corrected chi connectivity index (χ4v) is 3.29. The van der Waals surface area contributed by atoms with Gasteiger partial charge in [0.1, 0.15) is 6.04 Å². The number of likely N-dealkylation sites (tertiary alicyclic amines) is 1. The van der Waals surface area contributed by atoms with Crippen LogP contribution in [0.25, 0.3) is 5.69 Å². The van der Waals surface area contributed by atoms with Gasteiger partial charge >= 0.3 is 0 Å². The van der Waals surface area contributed by atoms with E-state index in [-0.39, 0.29) is 18.4 Å². The number of carbonyl (C=O) groups is 2. The molecule has 0 aliphatic carbocycles. The van der Waals surface area contributed by atoms with Gasteiger partial charge in [-0.05, 0) is 44.2 Å². The summed E-state index contributed by atoms with van der Waals surface area (Å²) in [6, 6.07) is 8.90. The third kappa shape index (κ3) is 4.95. The van der Waals surface area contributed by atoms with E-state index in [1.165, 1.54) is 6.20 Å². The number of aromatic nitrogens is 2. The maximum atomic E-state index is 12.8. The maximum absolute atomic E-state index is 12.8. The molecule has 2 heterocycles. The number of rotatable bonds is 7. The lowest BCUT2D eigenvalue weighted by Gasteiger charge is -2.30. The van der Waals surface area contributed by atoms with Crippen molar-refractivity contribution in [1.82, 2.24) is 20.0 Å². The normalized spacial score (nSPS) is 15.4. The lowest BCUT2D eigenvalue weighted by molar-refractivity contribution is -0.134. The number of hydrogen-bond donors (Lipinski definition) is 2. The van der Waals surface area contributed by atoms with Gasteiger partial charge in [-0.3, -0.25) is 9.59 Å². The van der Waals surface area contributed by atoms with Crippen LogP contribution >= 0.6 is 0 Å². The van der Waals surface area contributed by atoms with Crippen LogP contribution in [0, 0.1) is 0 Å². The van der Waals surface area contributed by atoms with E-state index in [0.29, 0.717) is 18.4 Å². The molecule has 0 unspecified atom stereocenters. The second-order valence-corrected chi connectivity index (χ2v) is 6.79. The fraction of sp³-hybridized carbons (Fsp3) is 0.450. The van der Waals surface area contributed by atoms with Crippen LogP contribution in [0.2, 0.25) is 0 Å². The van der Waals surface area contributed by atoms with Crippen molar-refractivity contribution in [2.75, 3.05) is 19.7 Å². The summed E-state index contributed by atoms with van der Waals surface area (Å²) in [4.78, 5) is 27.3. The Morgan fingerprint density at radius 3 is 2.59 bits per heavy atom. The van der Waals surface area contributed by atoms with Crippen molar-refractivity contribution in [3.63, 3.8) is 0 Å². The molecule has 1 fully saturated rings. The minimum Gasteiger partial charge on any atom is -0.396 e. The van der Waals surface area contributed by atoms with Crippen LogP contribution in [0.4, 0.5) is 0 Å². The van der Waals surface area contributed by atoms with Crippen LogP contribution < -0.4 is 5.32 Å². The Morgan fingerprint density at radius 2 is 1.89 bits per heavy atom. The molecule has 7 nitrogen and oxygen atoms in total. The Hall–Kier alpha value is -2.67. The van der Waals surface area contributed by atoms with Gasteiger partial charge in [0.05, 0.1) is 17.4 Å². The summed E-state index contributed by atoms with van der Waals surface area (Å²) >= 11 is 0. The van der Waals surface area contributed by atoms with Crippen molar-refractivity contribution in [2.24, 2.45) is 0 Å². The summed E-state index contributed by atoms with van der Waals surface area (Å²) in [6.07, 6.45) is 7.16. The molecule has 2 N–H and O–H groups in total. The van der Waals surface area contributed by atoms with E-state index in [2.05, 4.69) is 10.4 Å². The number of para-hydroxylation sites is 1. The SMILES string of the molecule is O=C(N[C@@H](CCCO)C(=O)N1CCCCC1)c1cnn(-c2ccccc2)c1. The van der Waals surface area contributed by atoms with Crippen LogP contribution in [0.3, 0.4) is 0 Å². The zero-order valence-electron chi connectivity index (χ0n) is 15.4. The third-order valence-electron chi connectivity index (χ3n) is 4.79. The zero-order chi connectivity index (χ0) is 19.1. The van der Waals surface area contributed by atoms with E-state index >= 15 is 0 Å². The molecule has 0 radical (unpaired) electrons. The van der Waals surface area contributed by atoms with Crippen molar-refractivity contribution in [3.05, 3.63) is 48.3 Å². The van der Waals surface area contributed by atoms with Crippen molar-refractivity contribution in [2.45, 2.75) is 38.1 Å². The second kappa shape index (κ2) is 9.32. The quantitative estimate of drug-likeness (QED) is 0.777. The Balaban J connectivity index is 1.68. The maximum Gasteiger partial charge on any atom is 0.255 e. The number of amides is 2. The molecule has 0 bridgehead atoms. The number of nitrogens with one attached hydrogen (secondary N) is 1. The van der Waals surface area contributed by atoms with Crippen LogP contribution in [-0.4, -0.2) is 57.3 Å². The highest BCUT2D eigenvalue weighted by Crippen LogP contribution is 2.13. The van der Waals surface area contributed by atoms with Gasteiger partial charge in [0.25, 0.3) is 5.91 Å². The van der Waals surface area contributed by atoms with E-state index in [4.69, 9.17) is 5.11 Å². The Kier molecular flexibility index (Phi) is 6.59. The van der Waals surface area contributed by atoms with Crippen molar-refractivity contribution in [1.29, 1.82) is 0 Å². The smallest absolute Gasteiger partial charge is 0.255 e. The molecule has 2 amide bonds. The molecule has 27 heavy (non-hydrogen) atoms. The summed E-state index contributed by atoms with van der Waals surface area (Å²) in [7, 11) is 0. The number of carbonyl (C=O) groups excluding carboxylic acids is 2. The van der Waals surface area contributed by atoms with Gasteiger partial charge in [-0.2, -0.15) is 5.10 Å². The van der Waals surface area contributed by atoms with E-state index in [0.717, 1.165) is 38.0 Å². The molecule has 1 aromatic carbocycles. The molecule has 0 spiro atoms. The molecular formula is C20H26N4O3. The number of piperidine rings is 1. The molecule has 144 valence electrons. The Morgan fingerprint density at radius 1 is 1.15 bits per heavy atom. The highest BCUT2D eigenvalue weighted by Gasteiger charge is 2.27. The van der Waals surface area contributed by atoms with Crippen LogP contribution in [-0.2, 0) is 4.79 Å². The van der Waals surface area contributed by atoms with E-state index in [9.17, 15) is 9.59 Å². The third-order valence-corrected chi connectivity index (χ3v) is 4.79. The van der Waals surface area contributed by atoms with Gasteiger partial charge in [-0.15, -0.1) is 0 Å². The number of aliphatic hydroxyl groups is 1. The Labute approximate surface area is 159 Å².